The van der Waals surface area contributed by atoms with Crippen molar-refractivity contribution in [1.82, 2.24) is 10.3 Å². The van der Waals surface area contributed by atoms with Gasteiger partial charge in [-0.2, -0.15) is 0 Å². The van der Waals surface area contributed by atoms with E-state index < -0.39 is 29.3 Å². The van der Waals surface area contributed by atoms with E-state index in [1.54, 1.807) is 27.7 Å². The molecule has 1 aliphatic carbocycles. The molecule has 1 aliphatic rings. The molecule has 0 aliphatic heterocycles. The van der Waals surface area contributed by atoms with Crippen molar-refractivity contribution in [3.63, 3.8) is 0 Å². The third-order valence-corrected chi connectivity index (χ3v) is 5.88. The molecule has 8 nitrogen and oxygen atoms in total. The molecule has 2 unspecified atom stereocenters. The van der Waals surface area contributed by atoms with E-state index in [1.165, 1.54) is 30.5 Å². The standard InChI is InChI=1S/C26H32N2O6/c1-15-18-10-8-7-9-17(18)11-12-19(15)33-24(30)16(2)28-23(29)21-22(20(32-6)13-14-27-21)34-25(31)26(3,4)5/h7-10,13-16,19H,11-12H2,1-6H3,(H,28,29)/t15?,16-,19?/m0/s1. The monoisotopic (exact) mass is 468 g/mol. The highest BCUT2D eigenvalue weighted by atomic mass is 16.6. The molecule has 1 amide bonds. The first-order valence-corrected chi connectivity index (χ1v) is 11.4. The number of nitrogens with one attached hydrogen (secondary N) is 1. The number of amides is 1. The number of hydrogen-bond acceptors (Lipinski definition) is 7. The van der Waals surface area contributed by atoms with Gasteiger partial charge in [0, 0.05) is 18.2 Å². The number of aromatic nitrogens is 1. The van der Waals surface area contributed by atoms with Crippen LogP contribution < -0.4 is 14.8 Å². The average Bonchev–Trinajstić information content (AvgIpc) is 2.80. The number of nitrogens with zero attached hydrogens (tertiary/aromatic N) is 1. The van der Waals surface area contributed by atoms with Gasteiger partial charge in [-0.25, -0.2) is 9.78 Å². The molecule has 0 saturated heterocycles. The highest BCUT2D eigenvalue weighted by molar-refractivity contribution is 5.98. The van der Waals surface area contributed by atoms with E-state index in [2.05, 4.69) is 22.4 Å². The van der Waals surface area contributed by atoms with Gasteiger partial charge in [-0.3, -0.25) is 9.59 Å². The summed E-state index contributed by atoms with van der Waals surface area (Å²) in [6, 6.07) is 8.69. The Morgan fingerprint density at radius 1 is 1.15 bits per heavy atom. The van der Waals surface area contributed by atoms with Crippen LogP contribution in [-0.4, -0.2) is 42.1 Å². The van der Waals surface area contributed by atoms with Crippen LogP contribution in [0.15, 0.2) is 36.5 Å². The fourth-order valence-corrected chi connectivity index (χ4v) is 3.79. The predicted octanol–water partition coefficient (Wildman–Crippen LogP) is 3.82. The first-order chi connectivity index (χ1) is 16.0. The van der Waals surface area contributed by atoms with Crippen LogP contribution in [0.3, 0.4) is 0 Å². The van der Waals surface area contributed by atoms with E-state index in [1.807, 2.05) is 19.1 Å². The summed E-state index contributed by atoms with van der Waals surface area (Å²) in [7, 11) is 1.40. The number of methoxy groups -OCH3 is 1. The van der Waals surface area contributed by atoms with E-state index in [4.69, 9.17) is 14.2 Å². The van der Waals surface area contributed by atoms with Gasteiger partial charge in [0.25, 0.3) is 5.91 Å². The second-order valence-electron chi connectivity index (χ2n) is 9.53. The Morgan fingerprint density at radius 2 is 1.85 bits per heavy atom. The second kappa shape index (κ2) is 10.2. The molecule has 2 aromatic rings. The third-order valence-electron chi connectivity index (χ3n) is 5.88. The van der Waals surface area contributed by atoms with Gasteiger partial charge in [-0.15, -0.1) is 0 Å². The van der Waals surface area contributed by atoms with Crippen molar-refractivity contribution in [2.75, 3.05) is 7.11 Å². The molecule has 0 bridgehead atoms. The van der Waals surface area contributed by atoms with Gasteiger partial charge in [-0.1, -0.05) is 31.2 Å². The van der Waals surface area contributed by atoms with E-state index in [9.17, 15) is 14.4 Å². The van der Waals surface area contributed by atoms with Crippen LogP contribution in [0.4, 0.5) is 0 Å². The summed E-state index contributed by atoms with van der Waals surface area (Å²) in [6.07, 6.45) is 2.64. The van der Waals surface area contributed by atoms with Gasteiger partial charge in [0.2, 0.25) is 5.75 Å². The lowest BCUT2D eigenvalue weighted by Crippen LogP contribution is -2.42. The fourth-order valence-electron chi connectivity index (χ4n) is 3.79. The van der Waals surface area contributed by atoms with Gasteiger partial charge in [0.15, 0.2) is 11.4 Å². The van der Waals surface area contributed by atoms with Crippen molar-refractivity contribution in [1.29, 1.82) is 0 Å². The van der Waals surface area contributed by atoms with Crippen LogP contribution in [0.5, 0.6) is 11.5 Å². The number of aryl methyl sites for hydroxylation is 1. The maximum Gasteiger partial charge on any atom is 0.328 e. The maximum absolute atomic E-state index is 13.0. The van der Waals surface area contributed by atoms with Crippen LogP contribution in [0.2, 0.25) is 0 Å². The average molecular weight is 469 g/mol. The lowest BCUT2D eigenvalue weighted by Gasteiger charge is -2.31. The smallest absolute Gasteiger partial charge is 0.328 e. The Morgan fingerprint density at radius 3 is 2.53 bits per heavy atom. The minimum Gasteiger partial charge on any atom is -0.493 e. The maximum atomic E-state index is 13.0. The minimum atomic E-state index is -0.934. The molecule has 0 radical (unpaired) electrons. The number of carbonyl (C=O) groups excluding carboxylic acids is 3. The normalized spacial score (nSPS) is 18.3. The Balaban J connectivity index is 1.71. The fraction of sp³-hybridized carbons (Fsp3) is 0.462. The molecule has 1 aromatic heterocycles. The number of esters is 2. The molecule has 34 heavy (non-hydrogen) atoms. The Hall–Kier alpha value is -3.42. The van der Waals surface area contributed by atoms with Crippen LogP contribution >= 0.6 is 0 Å². The first-order valence-electron chi connectivity index (χ1n) is 11.4. The van der Waals surface area contributed by atoms with Crippen LogP contribution in [0.1, 0.15) is 68.6 Å². The molecule has 182 valence electrons. The summed E-state index contributed by atoms with van der Waals surface area (Å²) < 4.78 is 16.5. The molecule has 1 N–H and O–H groups in total. The minimum absolute atomic E-state index is 0.0558. The topological polar surface area (TPSA) is 104 Å². The van der Waals surface area contributed by atoms with E-state index >= 15 is 0 Å². The largest absolute Gasteiger partial charge is 0.493 e. The number of benzene rings is 1. The summed E-state index contributed by atoms with van der Waals surface area (Å²) in [4.78, 5) is 42.3. The summed E-state index contributed by atoms with van der Waals surface area (Å²) in [6.45, 7) is 8.67. The predicted molar refractivity (Wildman–Crippen MR) is 126 cm³/mol. The highest BCUT2D eigenvalue weighted by Crippen LogP contribution is 2.34. The Bertz CT molecular complexity index is 1080. The lowest BCUT2D eigenvalue weighted by molar-refractivity contribution is -0.152. The lowest BCUT2D eigenvalue weighted by atomic mass is 9.82. The van der Waals surface area contributed by atoms with Gasteiger partial charge in [0.05, 0.1) is 12.5 Å². The van der Waals surface area contributed by atoms with Crippen LogP contribution in [0.25, 0.3) is 0 Å². The van der Waals surface area contributed by atoms with Gasteiger partial charge in [-0.05, 0) is 51.7 Å². The molecular formula is C26H32N2O6. The molecule has 0 saturated carbocycles. The van der Waals surface area contributed by atoms with Crippen molar-refractivity contribution in [2.24, 2.45) is 5.41 Å². The van der Waals surface area contributed by atoms with Gasteiger partial charge >= 0.3 is 11.9 Å². The van der Waals surface area contributed by atoms with Crippen molar-refractivity contribution < 1.29 is 28.6 Å². The summed E-state index contributed by atoms with van der Waals surface area (Å²) in [5, 5.41) is 2.60. The molecule has 3 rings (SSSR count). The molecule has 3 atom stereocenters. The van der Waals surface area contributed by atoms with Crippen LogP contribution in [-0.2, 0) is 20.7 Å². The summed E-state index contributed by atoms with van der Waals surface area (Å²) >= 11 is 0. The molecule has 1 aromatic carbocycles. The van der Waals surface area contributed by atoms with Gasteiger partial charge in [0.1, 0.15) is 12.1 Å². The zero-order chi connectivity index (χ0) is 25.0. The van der Waals surface area contributed by atoms with Crippen molar-refractivity contribution in [2.45, 2.75) is 65.5 Å². The Kier molecular flexibility index (Phi) is 7.59. The third kappa shape index (κ3) is 5.55. The summed E-state index contributed by atoms with van der Waals surface area (Å²) in [5.41, 5.74) is 1.48. The molecule has 0 fully saturated rings. The van der Waals surface area contributed by atoms with Crippen molar-refractivity contribution in [3.8, 4) is 11.5 Å². The quantitative estimate of drug-likeness (QED) is 0.643. The SMILES string of the molecule is COc1ccnc(C(=O)N[C@@H](C)C(=O)OC2CCc3ccccc3C2C)c1OC(=O)C(C)(C)C. The Labute approximate surface area is 200 Å². The number of carbonyl (C=O) groups is 3. The number of ether oxygens (including phenoxy) is 3. The van der Waals surface area contributed by atoms with Gasteiger partial charge < -0.3 is 19.5 Å². The molecular weight excluding hydrogens is 436 g/mol. The first kappa shape index (κ1) is 25.2. The van der Waals surface area contributed by atoms with Crippen molar-refractivity contribution >= 4 is 17.8 Å². The second-order valence-corrected chi connectivity index (χ2v) is 9.53. The number of fused-ring (bicyclic) bond motifs is 1. The number of rotatable bonds is 6. The van der Waals surface area contributed by atoms with E-state index in [0.29, 0.717) is 0 Å². The zero-order valence-corrected chi connectivity index (χ0v) is 20.5. The number of hydrogen-bond donors (Lipinski definition) is 1. The highest BCUT2D eigenvalue weighted by Gasteiger charge is 2.32. The molecule has 8 heteroatoms. The number of pyridine rings is 1. The van der Waals surface area contributed by atoms with Crippen LogP contribution in [0, 0.1) is 5.41 Å². The summed E-state index contributed by atoms with van der Waals surface area (Å²) in [5.74, 6) is -1.63. The van der Waals surface area contributed by atoms with Crippen molar-refractivity contribution in [3.05, 3.63) is 53.3 Å². The zero-order valence-electron chi connectivity index (χ0n) is 20.5. The molecule has 1 heterocycles. The molecule has 0 spiro atoms. The van der Waals surface area contributed by atoms with E-state index in [0.717, 1.165) is 12.8 Å². The van der Waals surface area contributed by atoms with E-state index in [-0.39, 0.29) is 29.2 Å².